The molecule has 100 valence electrons. The summed E-state index contributed by atoms with van der Waals surface area (Å²) >= 11 is 0. The van der Waals surface area contributed by atoms with Crippen molar-refractivity contribution in [3.63, 3.8) is 0 Å². The van der Waals surface area contributed by atoms with Crippen molar-refractivity contribution in [2.45, 2.75) is 38.5 Å². The van der Waals surface area contributed by atoms with Gasteiger partial charge >= 0.3 is 0 Å². The molecule has 1 rings (SSSR count). The average Bonchev–Trinajstić information content (AvgIpc) is 2.53. The van der Waals surface area contributed by atoms with Gasteiger partial charge in [-0.2, -0.15) is 12.7 Å². The molecule has 0 aliphatic carbocycles. The lowest BCUT2D eigenvalue weighted by Crippen LogP contribution is -2.41. The van der Waals surface area contributed by atoms with Crippen LogP contribution in [0.4, 0.5) is 0 Å². The molecule has 0 radical (unpaired) electrons. The molecule has 0 amide bonds. The van der Waals surface area contributed by atoms with Gasteiger partial charge in [-0.1, -0.05) is 12.8 Å². The highest BCUT2D eigenvalue weighted by atomic mass is 32.2. The Morgan fingerprint density at radius 1 is 1.24 bits per heavy atom. The molecule has 0 atom stereocenters. The summed E-state index contributed by atoms with van der Waals surface area (Å²) in [6, 6.07) is 0. The van der Waals surface area contributed by atoms with E-state index in [0.717, 1.165) is 25.7 Å². The molecule has 1 saturated heterocycles. The Hall–Kier alpha value is -0.660. The average molecular weight is 262 g/mol. The van der Waals surface area contributed by atoms with Crippen LogP contribution in [0.1, 0.15) is 38.5 Å². The van der Waals surface area contributed by atoms with Crippen LogP contribution in [0.25, 0.3) is 0 Å². The molecule has 1 aliphatic rings. The molecule has 4 N–H and O–H groups in total. The molecule has 6 nitrogen and oxygen atoms in total. The first kappa shape index (κ1) is 14.4. The summed E-state index contributed by atoms with van der Waals surface area (Å²) in [7, 11) is -3.33. The third kappa shape index (κ3) is 5.47. The first-order valence-electron chi connectivity index (χ1n) is 6.10. The van der Waals surface area contributed by atoms with E-state index in [-0.39, 0.29) is 5.84 Å². The van der Waals surface area contributed by atoms with Crippen LogP contribution in [-0.2, 0) is 10.2 Å². The quantitative estimate of drug-likeness (QED) is 0.367. The molecule has 17 heavy (non-hydrogen) atoms. The van der Waals surface area contributed by atoms with Gasteiger partial charge in [0.15, 0.2) is 0 Å². The third-order valence-electron chi connectivity index (χ3n) is 2.81. The Balaban J connectivity index is 2.35. The van der Waals surface area contributed by atoms with Crippen LogP contribution in [0.15, 0.2) is 0 Å². The summed E-state index contributed by atoms with van der Waals surface area (Å²) < 4.78 is 27.9. The Morgan fingerprint density at radius 2 is 1.82 bits per heavy atom. The zero-order valence-corrected chi connectivity index (χ0v) is 10.9. The highest BCUT2D eigenvalue weighted by Crippen LogP contribution is 2.12. The summed E-state index contributed by atoms with van der Waals surface area (Å²) in [5.74, 6) is 0.0963. The van der Waals surface area contributed by atoms with Gasteiger partial charge in [0.05, 0.1) is 5.84 Å². The summed E-state index contributed by atoms with van der Waals surface area (Å²) in [5.41, 5.74) is 5.20. The lowest BCUT2D eigenvalue weighted by molar-refractivity contribution is 0.414. The predicted octanol–water partition coefficient (Wildman–Crippen LogP) is 0.413. The minimum absolute atomic E-state index is 0.0963. The van der Waals surface area contributed by atoms with Crippen LogP contribution in [0.5, 0.6) is 0 Å². The number of hydrogen-bond acceptors (Lipinski definition) is 3. The second kappa shape index (κ2) is 6.93. The van der Waals surface area contributed by atoms with E-state index in [1.54, 1.807) is 0 Å². The maximum atomic E-state index is 11.9. The van der Waals surface area contributed by atoms with E-state index >= 15 is 0 Å². The molecule has 0 aromatic heterocycles. The van der Waals surface area contributed by atoms with Gasteiger partial charge in [-0.15, -0.1) is 0 Å². The molecule has 0 bridgehead atoms. The zero-order chi connectivity index (χ0) is 12.7. The summed E-state index contributed by atoms with van der Waals surface area (Å²) in [5, 5.41) is 7.04. The smallest absolute Gasteiger partial charge is 0.279 e. The Bertz CT molecular complexity index is 334. The van der Waals surface area contributed by atoms with Crippen molar-refractivity contribution in [3.05, 3.63) is 0 Å². The standard InChI is InChI=1S/C10H22N4O2S/c11-10(12)6-5-7-13-17(15,16)14-8-3-1-2-4-9-14/h13H,1-9H2,(H3,11,12). The van der Waals surface area contributed by atoms with E-state index in [2.05, 4.69) is 4.72 Å². The van der Waals surface area contributed by atoms with Crippen molar-refractivity contribution in [3.8, 4) is 0 Å². The Kier molecular flexibility index (Phi) is 5.87. The van der Waals surface area contributed by atoms with Gasteiger partial charge < -0.3 is 5.73 Å². The molecular formula is C10H22N4O2S. The monoisotopic (exact) mass is 262 g/mol. The van der Waals surface area contributed by atoms with E-state index in [1.165, 1.54) is 4.31 Å². The van der Waals surface area contributed by atoms with Gasteiger partial charge in [0.1, 0.15) is 0 Å². The summed E-state index contributed by atoms with van der Waals surface area (Å²) in [6.07, 6.45) is 5.10. The Morgan fingerprint density at radius 3 is 2.35 bits per heavy atom. The van der Waals surface area contributed by atoms with Crippen LogP contribution in [0.2, 0.25) is 0 Å². The molecule has 1 aliphatic heterocycles. The lowest BCUT2D eigenvalue weighted by Gasteiger charge is -2.20. The molecule has 0 spiro atoms. The van der Waals surface area contributed by atoms with Crippen LogP contribution < -0.4 is 10.5 Å². The largest absolute Gasteiger partial charge is 0.388 e. The predicted molar refractivity (Wildman–Crippen MR) is 68.1 cm³/mol. The zero-order valence-electron chi connectivity index (χ0n) is 10.1. The second-order valence-electron chi connectivity index (χ2n) is 4.34. The van der Waals surface area contributed by atoms with E-state index in [9.17, 15) is 8.42 Å². The molecule has 0 saturated carbocycles. The SMILES string of the molecule is N=C(N)CCCNS(=O)(=O)N1CCCCCC1. The summed E-state index contributed by atoms with van der Waals surface area (Å²) in [4.78, 5) is 0. The molecule has 0 aromatic rings. The van der Waals surface area contributed by atoms with E-state index < -0.39 is 10.2 Å². The van der Waals surface area contributed by atoms with Crippen LogP contribution in [0, 0.1) is 5.41 Å². The van der Waals surface area contributed by atoms with Crippen LogP contribution in [-0.4, -0.2) is 38.2 Å². The lowest BCUT2D eigenvalue weighted by atomic mass is 10.2. The normalized spacial score (nSPS) is 18.8. The van der Waals surface area contributed by atoms with Crippen molar-refractivity contribution in [1.29, 1.82) is 5.41 Å². The number of nitrogens with zero attached hydrogens (tertiary/aromatic N) is 1. The summed E-state index contributed by atoms with van der Waals surface area (Å²) in [6.45, 7) is 1.57. The maximum absolute atomic E-state index is 11.9. The third-order valence-corrected chi connectivity index (χ3v) is 4.43. The van der Waals surface area contributed by atoms with E-state index in [0.29, 0.717) is 32.5 Å². The van der Waals surface area contributed by atoms with Crippen LogP contribution in [0.3, 0.4) is 0 Å². The first-order valence-corrected chi connectivity index (χ1v) is 7.54. The van der Waals surface area contributed by atoms with Crippen LogP contribution >= 0.6 is 0 Å². The molecule has 7 heteroatoms. The van der Waals surface area contributed by atoms with Gasteiger partial charge in [0, 0.05) is 26.1 Å². The number of hydrogen-bond donors (Lipinski definition) is 3. The van der Waals surface area contributed by atoms with Gasteiger partial charge in [0.2, 0.25) is 0 Å². The van der Waals surface area contributed by atoms with Crippen molar-refractivity contribution >= 4 is 16.0 Å². The molecular weight excluding hydrogens is 240 g/mol. The topological polar surface area (TPSA) is 99.3 Å². The Labute approximate surface area is 103 Å². The van der Waals surface area contributed by atoms with Crippen molar-refractivity contribution < 1.29 is 8.42 Å². The molecule has 1 heterocycles. The molecule has 0 aromatic carbocycles. The van der Waals surface area contributed by atoms with Crippen molar-refractivity contribution in [1.82, 2.24) is 9.03 Å². The molecule has 1 fully saturated rings. The fraction of sp³-hybridized carbons (Fsp3) is 0.900. The number of nitrogens with two attached hydrogens (primary N) is 1. The van der Waals surface area contributed by atoms with Gasteiger partial charge in [-0.3, -0.25) is 5.41 Å². The van der Waals surface area contributed by atoms with Crippen molar-refractivity contribution in [2.75, 3.05) is 19.6 Å². The van der Waals surface area contributed by atoms with Crippen molar-refractivity contribution in [2.24, 2.45) is 5.73 Å². The van der Waals surface area contributed by atoms with Gasteiger partial charge in [-0.25, -0.2) is 4.72 Å². The highest BCUT2D eigenvalue weighted by molar-refractivity contribution is 7.87. The van der Waals surface area contributed by atoms with E-state index in [1.807, 2.05) is 0 Å². The first-order chi connectivity index (χ1) is 8.02. The number of rotatable bonds is 6. The fourth-order valence-electron chi connectivity index (χ4n) is 1.85. The highest BCUT2D eigenvalue weighted by Gasteiger charge is 2.21. The van der Waals surface area contributed by atoms with Gasteiger partial charge in [0.25, 0.3) is 10.2 Å². The maximum Gasteiger partial charge on any atom is 0.279 e. The minimum Gasteiger partial charge on any atom is -0.388 e. The molecule has 0 unspecified atom stereocenters. The van der Waals surface area contributed by atoms with Gasteiger partial charge in [-0.05, 0) is 19.3 Å². The second-order valence-corrected chi connectivity index (χ2v) is 6.10. The van der Waals surface area contributed by atoms with E-state index in [4.69, 9.17) is 11.1 Å². The minimum atomic E-state index is -3.33. The fourth-order valence-corrected chi connectivity index (χ4v) is 3.18. The number of nitrogens with one attached hydrogen (secondary N) is 2. The number of amidine groups is 1.